The Morgan fingerprint density at radius 2 is 1.93 bits per heavy atom. The first-order valence-electron chi connectivity index (χ1n) is 5.39. The van der Waals surface area contributed by atoms with Crippen LogP contribution < -0.4 is 0 Å². The van der Waals surface area contributed by atoms with Crippen molar-refractivity contribution in [2.24, 2.45) is 5.92 Å². The van der Waals surface area contributed by atoms with E-state index >= 15 is 0 Å². The minimum Gasteiger partial charge on any atom is -0.267 e. The van der Waals surface area contributed by atoms with Crippen LogP contribution in [0.25, 0.3) is 0 Å². The highest BCUT2D eigenvalue weighted by molar-refractivity contribution is 7.86. The summed E-state index contributed by atoms with van der Waals surface area (Å²) in [7, 11) is -3.26. The van der Waals surface area contributed by atoms with E-state index in [9.17, 15) is 8.42 Å². The van der Waals surface area contributed by atoms with Crippen LogP contribution in [0.4, 0.5) is 0 Å². The van der Waals surface area contributed by atoms with Crippen LogP contribution in [-0.4, -0.2) is 20.8 Å². The van der Waals surface area contributed by atoms with E-state index in [1.807, 2.05) is 0 Å². The Bertz CT molecular complexity index is 259. The average Bonchev–Trinajstić information content (AvgIpc) is 2.27. The summed E-state index contributed by atoms with van der Waals surface area (Å²) >= 11 is 0. The third kappa shape index (κ3) is 4.42. The molecule has 0 aliphatic heterocycles. The van der Waals surface area contributed by atoms with Crippen molar-refractivity contribution in [3.63, 3.8) is 0 Å². The van der Waals surface area contributed by atoms with Crippen molar-refractivity contribution < 1.29 is 12.6 Å². The Balaban J connectivity index is 2.42. The maximum Gasteiger partial charge on any atom is 0.264 e. The Labute approximate surface area is 87.0 Å². The molecule has 0 saturated heterocycles. The van der Waals surface area contributed by atoms with Gasteiger partial charge in [0.15, 0.2) is 0 Å². The summed E-state index contributed by atoms with van der Waals surface area (Å²) in [6.45, 7) is 2.20. The summed E-state index contributed by atoms with van der Waals surface area (Å²) in [5, 5.41) is 0. The highest BCUT2D eigenvalue weighted by Gasteiger charge is 2.21. The topological polar surface area (TPSA) is 43.4 Å². The smallest absolute Gasteiger partial charge is 0.264 e. The van der Waals surface area contributed by atoms with Gasteiger partial charge in [0.25, 0.3) is 10.1 Å². The third-order valence-corrected chi connectivity index (χ3v) is 3.55. The largest absolute Gasteiger partial charge is 0.267 e. The molecule has 14 heavy (non-hydrogen) atoms. The molecule has 0 aromatic carbocycles. The van der Waals surface area contributed by atoms with E-state index < -0.39 is 10.1 Å². The normalized spacial score (nSPS) is 29.9. The van der Waals surface area contributed by atoms with Crippen LogP contribution in [0.1, 0.15) is 45.4 Å². The molecule has 4 heteroatoms. The molecular weight excluding hydrogens is 200 g/mol. The fraction of sp³-hybridized carbons (Fsp3) is 1.00. The van der Waals surface area contributed by atoms with E-state index in [0.29, 0.717) is 0 Å². The van der Waals surface area contributed by atoms with Crippen molar-refractivity contribution in [3.8, 4) is 0 Å². The molecule has 1 saturated carbocycles. The zero-order valence-electron chi connectivity index (χ0n) is 9.03. The molecule has 1 fully saturated rings. The van der Waals surface area contributed by atoms with Gasteiger partial charge in [0.1, 0.15) is 0 Å². The SMILES string of the molecule is CCC1CCCC(OS(C)(=O)=O)CC1. The van der Waals surface area contributed by atoms with E-state index in [2.05, 4.69) is 6.92 Å². The fourth-order valence-corrected chi connectivity index (χ4v) is 2.78. The number of hydrogen-bond acceptors (Lipinski definition) is 3. The summed E-state index contributed by atoms with van der Waals surface area (Å²) < 4.78 is 26.9. The van der Waals surface area contributed by atoms with Crippen LogP contribution in [0.3, 0.4) is 0 Å². The summed E-state index contributed by atoms with van der Waals surface area (Å²) in [5.41, 5.74) is 0. The Hall–Kier alpha value is -0.0900. The van der Waals surface area contributed by atoms with Crippen LogP contribution in [-0.2, 0) is 14.3 Å². The van der Waals surface area contributed by atoms with Gasteiger partial charge in [-0.05, 0) is 25.2 Å². The molecule has 0 heterocycles. The van der Waals surface area contributed by atoms with Crippen LogP contribution in [0.5, 0.6) is 0 Å². The number of hydrogen-bond donors (Lipinski definition) is 0. The molecule has 1 aliphatic rings. The second-order valence-electron chi connectivity index (χ2n) is 4.20. The molecule has 1 rings (SSSR count). The number of rotatable bonds is 3. The zero-order chi connectivity index (χ0) is 10.6. The third-order valence-electron chi connectivity index (χ3n) is 2.92. The highest BCUT2D eigenvalue weighted by Crippen LogP contribution is 2.27. The summed E-state index contributed by atoms with van der Waals surface area (Å²) in [6, 6.07) is 0. The van der Waals surface area contributed by atoms with Gasteiger partial charge in [-0.25, -0.2) is 0 Å². The van der Waals surface area contributed by atoms with E-state index in [0.717, 1.165) is 37.9 Å². The lowest BCUT2D eigenvalue weighted by Gasteiger charge is -2.13. The van der Waals surface area contributed by atoms with Gasteiger partial charge in [-0.15, -0.1) is 0 Å². The van der Waals surface area contributed by atoms with Gasteiger partial charge in [0, 0.05) is 0 Å². The highest BCUT2D eigenvalue weighted by atomic mass is 32.2. The molecule has 0 N–H and O–H groups in total. The van der Waals surface area contributed by atoms with E-state index in [1.54, 1.807) is 0 Å². The molecule has 2 unspecified atom stereocenters. The second kappa shape index (κ2) is 5.12. The molecule has 84 valence electrons. The maximum atomic E-state index is 10.9. The minimum atomic E-state index is -3.26. The Morgan fingerprint density at radius 1 is 1.21 bits per heavy atom. The first kappa shape index (κ1) is 12.0. The Kier molecular flexibility index (Phi) is 4.38. The monoisotopic (exact) mass is 220 g/mol. The minimum absolute atomic E-state index is 0.0680. The molecule has 0 aromatic heterocycles. The van der Waals surface area contributed by atoms with Crippen molar-refractivity contribution in [2.45, 2.75) is 51.6 Å². The van der Waals surface area contributed by atoms with E-state index in [-0.39, 0.29) is 6.10 Å². The summed E-state index contributed by atoms with van der Waals surface area (Å²) in [4.78, 5) is 0. The van der Waals surface area contributed by atoms with Crippen LogP contribution in [0, 0.1) is 5.92 Å². The van der Waals surface area contributed by atoms with Crippen molar-refractivity contribution >= 4 is 10.1 Å². The molecule has 3 nitrogen and oxygen atoms in total. The van der Waals surface area contributed by atoms with Gasteiger partial charge >= 0.3 is 0 Å². The van der Waals surface area contributed by atoms with Crippen molar-refractivity contribution in [3.05, 3.63) is 0 Å². The molecule has 0 amide bonds. The predicted octanol–water partition coefficient (Wildman–Crippen LogP) is 2.32. The molecule has 0 radical (unpaired) electrons. The van der Waals surface area contributed by atoms with Crippen LogP contribution >= 0.6 is 0 Å². The average molecular weight is 220 g/mol. The van der Waals surface area contributed by atoms with Gasteiger partial charge in [-0.1, -0.05) is 26.2 Å². The lowest BCUT2D eigenvalue weighted by Crippen LogP contribution is -2.16. The Morgan fingerprint density at radius 3 is 2.50 bits per heavy atom. The van der Waals surface area contributed by atoms with Crippen molar-refractivity contribution in [1.29, 1.82) is 0 Å². The molecule has 0 spiro atoms. The van der Waals surface area contributed by atoms with Gasteiger partial charge in [-0.3, -0.25) is 4.18 Å². The summed E-state index contributed by atoms with van der Waals surface area (Å²) in [6.07, 6.45) is 7.48. The molecule has 0 aromatic rings. The second-order valence-corrected chi connectivity index (χ2v) is 5.81. The fourth-order valence-electron chi connectivity index (χ4n) is 2.10. The van der Waals surface area contributed by atoms with Crippen molar-refractivity contribution in [1.82, 2.24) is 0 Å². The quantitative estimate of drug-likeness (QED) is 0.541. The van der Waals surface area contributed by atoms with Gasteiger partial charge < -0.3 is 0 Å². The van der Waals surface area contributed by atoms with Gasteiger partial charge in [-0.2, -0.15) is 8.42 Å². The first-order chi connectivity index (χ1) is 6.51. The van der Waals surface area contributed by atoms with Crippen LogP contribution in [0.15, 0.2) is 0 Å². The molecule has 2 atom stereocenters. The zero-order valence-corrected chi connectivity index (χ0v) is 9.85. The lowest BCUT2D eigenvalue weighted by atomic mass is 9.98. The van der Waals surface area contributed by atoms with E-state index in [1.165, 1.54) is 12.8 Å². The molecular formula is C10H20O3S. The standard InChI is InChI=1S/C10H20O3S/c1-3-9-5-4-6-10(8-7-9)13-14(2,11)12/h9-10H,3-8H2,1-2H3. The molecule has 1 aliphatic carbocycles. The van der Waals surface area contributed by atoms with Gasteiger partial charge in [0.05, 0.1) is 12.4 Å². The van der Waals surface area contributed by atoms with Crippen molar-refractivity contribution in [2.75, 3.05) is 6.26 Å². The van der Waals surface area contributed by atoms with Gasteiger partial charge in [0.2, 0.25) is 0 Å². The first-order valence-corrected chi connectivity index (χ1v) is 7.21. The predicted molar refractivity (Wildman–Crippen MR) is 56.6 cm³/mol. The van der Waals surface area contributed by atoms with E-state index in [4.69, 9.17) is 4.18 Å². The van der Waals surface area contributed by atoms with Crippen LogP contribution in [0.2, 0.25) is 0 Å². The lowest BCUT2D eigenvalue weighted by molar-refractivity contribution is 0.191. The maximum absolute atomic E-state index is 10.9. The summed E-state index contributed by atoms with van der Waals surface area (Å²) in [5.74, 6) is 0.767. The molecule has 0 bridgehead atoms.